The molecule has 114 valence electrons. The van der Waals surface area contributed by atoms with Crippen LogP contribution in [0, 0.1) is 16.0 Å². The minimum absolute atomic E-state index is 0.0483. The first kappa shape index (κ1) is 15.6. The van der Waals surface area contributed by atoms with Gasteiger partial charge in [0.25, 0.3) is 5.69 Å². The smallest absolute Gasteiger partial charge is 0.292 e. The molecular formula is C14H18ClN3O3. The first-order valence-electron chi connectivity index (χ1n) is 6.87. The van der Waals surface area contributed by atoms with Crippen molar-refractivity contribution in [1.82, 2.24) is 4.90 Å². The van der Waals surface area contributed by atoms with Crippen molar-refractivity contribution in [2.75, 3.05) is 37.0 Å². The van der Waals surface area contributed by atoms with Crippen LogP contribution in [0.1, 0.15) is 6.92 Å². The van der Waals surface area contributed by atoms with E-state index in [2.05, 4.69) is 0 Å². The molecule has 0 radical (unpaired) electrons. The third kappa shape index (κ3) is 3.44. The number of carbonyl (C=O) groups is 1. The zero-order valence-corrected chi connectivity index (χ0v) is 12.6. The molecule has 1 aromatic carbocycles. The van der Waals surface area contributed by atoms with Gasteiger partial charge in [0.15, 0.2) is 0 Å². The molecule has 0 aromatic heterocycles. The van der Waals surface area contributed by atoms with E-state index in [4.69, 9.17) is 11.6 Å². The molecule has 1 fully saturated rings. The molecule has 7 heteroatoms. The highest BCUT2D eigenvalue weighted by molar-refractivity contribution is 6.19. The Kier molecular flexibility index (Phi) is 5.01. The minimum Gasteiger partial charge on any atom is -0.362 e. The number of nitro groups is 1. The molecular weight excluding hydrogens is 294 g/mol. The molecule has 0 aliphatic carbocycles. The van der Waals surface area contributed by atoms with Crippen molar-refractivity contribution in [3.8, 4) is 0 Å². The van der Waals surface area contributed by atoms with E-state index >= 15 is 0 Å². The maximum Gasteiger partial charge on any atom is 0.292 e. The number of hydrogen-bond acceptors (Lipinski definition) is 4. The Morgan fingerprint density at radius 2 is 1.95 bits per heavy atom. The number of nitrogens with zero attached hydrogens (tertiary/aromatic N) is 3. The average molecular weight is 312 g/mol. The highest BCUT2D eigenvalue weighted by Gasteiger charge is 2.27. The van der Waals surface area contributed by atoms with Gasteiger partial charge >= 0.3 is 0 Å². The van der Waals surface area contributed by atoms with Crippen LogP contribution in [0.2, 0.25) is 0 Å². The van der Waals surface area contributed by atoms with Gasteiger partial charge in [0.1, 0.15) is 5.69 Å². The molecule has 2 rings (SSSR count). The molecule has 1 atom stereocenters. The van der Waals surface area contributed by atoms with Gasteiger partial charge in [-0.2, -0.15) is 0 Å². The molecule has 1 aromatic rings. The van der Waals surface area contributed by atoms with E-state index in [0.29, 0.717) is 37.7 Å². The Balaban J connectivity index is 2.05. The zero-order valence-electron chi connectivity index (χ0n) is 11.9. The van der Waals surface area contributed by atoms with Gasteiger partial charge in [0.05, 0.1) is 4.92 Å². The summed E-state index contributed by atoms with van der Waals surface area (Å²) in [7, 11) is 0. The molecule has 0 saturated carbocycles. The van der Waals surface area contributed by atoms with Gasteiger partial charge in [-0.3, -0.25) is 14.9 Å². The fraction of sp³-hybridized carbons (Fsp3) is 0.500. The summed E-state index contributed by atoms with van der Waals surface area (Å²) in [5, 5.41) is 11.1. The molecule has 1 unspecified atom stereocenters. The quantitative estimate of drug-likeness (QED) is 0.485. The molecule has 1 aliphatic heterocycles. The summed E-state index contributed by atoms with van der Waals surface area (Å²) in [4.78, 5) is 26.5. The molecule has 21 heavy (non-hydrogen) atoms. The summed E-state index contributed by atoms with van der Waals surface area (Å²) < 4.78 is 0. The lowest BCUT2D eigenvalue weighted by Gasteiger charge is -2.36. The van der Waals surface area contributed by atoms with Gasteiger partial charge < -0.3 is 9.80 Å². The number of nitro benzene ring substituents is 1. The monoisotopic (exact) mass is 311 g/mol. The van der Waals surface area contributed by atoms with Gasteiger partial charge in [0, 0.05) is 44.0 Å². The number of hydrogen-bond donors (Lipinski definition) is 0. The summed E-state index contributed by atoms with van der Waals surface area (Å²) in [5.74, 6) is 0.167. The van der Waals surface area contributed by atoms with Crippen molar-refractivity contribution >= 4 is 28.9 Å². The highest BCUT2D eigenvalue weighted by Crippen LogP contribution is 2.28. The SMILES string of the molecule is CC(CCl)C(=O)N1CCN(c2ccccc2[N+](=O)[O-])CC1. The molecule has 6 nitrogen and oxygen atoms in total. The number of piperazine rings is 1. The van der Waals surface area contributed by atoms with Gasteiger partial charge in [-0.15, -0.1) is 11.6 Å². The molecule has 1 saturated heterocycles. The summed E-state index contributed by atoms with van der Waals surface area (Å²) in [6.45, 7) is 4.11. The summed E-state index contributed by atoms with van der Waals surface area (Å²) >= 11 is 5.71. The predicted octanol–water partition coefficient (Wildman–Crippen LogP) is 2.12. The minimum atomic E-state index is -0.373. The van der Waals surface area contributed by atoms with E-state index in [0.717, 1.165) is 0 Å². The lowest BCUT2D eigenvalue weighted by molar-refractivity contribution is -0.384. The maximum atomic E-state index is 12.1. The van der Waals surface area contributed by atoms with Crippen LogP contribution in [-0.2, 0) is 4.79 Å². The number of amides is 1. The van der Waals surface area contributed by atoms with E-state index in [1.807, 2.05) is 11.8 Å². The van der Waals surface area contributed by atoms with E-state index in [9.17, 15) is 14.9 Å². The number of para-hydroxylation sites is 2. The number of carbonyl (C=O) groups excluding carboxylic acids is 1. The number of anilines is 1. The first-order valence-corrected chi connectivity index (χ1v) is 7.41. The number of rotatable bonds is 4. The topological polar surface area (TPSA) is 66.7 Å². The van der Waals surface area contributed by atoms with Crippen LogP contribution in [0.25, 0.3) is 0 Å². The van der Waals surface area contributed by atoms with E-state index in [-0.39, 0.29) is 22.4 Å². The Hall–Kier alpha value is -1.82. The van der Waals surface area contributed by atoms with Gasteiger partial charge in [-0.25, -0.2) is 0 Å². The number of halogens is 1. The second kappa shape index (κ2) is 6.76. The molecule has 0 spiro atoms. The van der Waals surface area contributed by atoms with E-state index < -0.39 is 0 Å². The zero-order chi connectivity index (χ0) is 15.4. The highest BCUT2D eigenvalue weighted by atomic mass is 35.5. The largest absolute Gasteiger partial charge is 0.362 e. The van der Waals surface area contributed by atoms with Gasteiger partial charge in [-0.1, -0.05) is 19.1 Å². The van der Waals surface area contributed by atoms with Crippen molar-refractivity contribution < 1.29 is 9.72 Å². The summed E-state index contributed by atoms with van der Waals surface area (Å²) in [5.41, 5.74) is 0.714. The first-order chi connectivity index (χ1) is 10.0. The Bertz CT molecular complexity index is 530. The van der Waals surface area contributed by atoms with Crippen molar-refractivity contribution in [2.24, 2.45) is 5.92 Å². The third-order valence-electron chi connectivity index (χ3n) is 3.66. The lowest BCUT2D eigenvalue weighted by atomic mass is 10.1. The van der Waals surface area contributed by atoms with Crippen LogP contribution in [0.4, 0.5) is 11.4 Å². The molecule has 1 heterocycles. The van der Waals surface area contributed by atoms with Crippen LogP contribution in [-0.4, -0.2) is 47.8 Å². The number of alkyl halides is 1. The molecule has 1 amide bonds. The van der Waals surface area contributed by atoms with Crippen LogP contribution in [0.5, 0.6) is 0 Å². The van der Waals surface area contributed by atoms with Crippen LogP contribution < -0.4 is 4.90 Å². The van der Waals surface area contributed by atoms with Crippen LogP contribution >= 0.6 is 11.6 Å². The Morgan fingerprint density at radius 3 is 2.52 bits per heavy atom. The van der Waals surface area contributed by atoms with Crippen molar-refractivity contribution in [3.05, 3.63) is 34.4 Å². The fourth-order valence-electron chi connectivity index (χ4n) is 2.43. The lowest BCUT2D eigenvalue weighted by Crippen LogP contribution is -2.50. The Morgan fingerprint density at radius 1 is 1.33 bits per heavy atom. The fourth-order valence-corrected chi connectivity index (χ4v) is 2.56. The molecule has 0 bridgehead atoms. The summed E-state index contributed by atoms with van der Waals surface area (Å²) in [6.07, 6.45) is 0. The summed E-state index contributed by atoms with van der Waals surface area (Å²) in [6, 6.07) is 6.69. The van der Waals surface area contributed by atoms with E-state index in [1.165, 1.54) is 6.07 Å². The average Bonchev–Trinajstić information content (AvgIpc) is 2.53. The van der Waals surface area contributed by atoms with Crippen LogP contribution in [0.3, 0.4) is 0 Å². The second-order valence-electron chi connectivity index (χ2n) is 5.11. The van der Waals surface area contributed by atoms with E-state index in [1.54, 1.807) is 23.1 Å². The standard InChI is InChI=1S/C14H18ClN3O3/c1-11(10-15)14(19)17-8-6-16(7-9-17)12-4-2-3-5-13(12)18(20)21/h2-5,11H,6-10H2,1H3. The molecule has 1 aliphatic rings. The normalized spacial score (nSPS) is 16.7. The van der Waals surface area contributed by atoms with Crippen molar-refractivity contribution in [3.63, 3.8) is 0 Å². The Labute approximate surface area is 128 Å². The van der Waals surface area contributed by atoms with Gasteiger partial charge in [-0.05, 0) is 6.07 Å². The maximum absolute atomic E-state index is 12.1. The van der Waals surface area contributed by atoms with Crippen molar-refractivity contribution in [2.45, 2.75) is 6.92 Å². The third-order valence-corrected chi connectivity index (χ3v) is 4.13. The predicted molar refractivity (Wildman–Crippen MR) is 81.8 cm³/mol. The number of benzene rings is 1. The van der Waals surface area contributed by atoms with Crippen LogP contribution in [0.15, 0.2) is 24.3 Å². The second-order valence-corrected chi connectivity index (χ2v) is 5.42. The van der Waals surface area contributed by atoms with Gasteiger partial charge in [0.2, 0.25) is 5.91 Å². The van der Waals surface area contributed by atoms with Crippen molar-refractivity contribution in [1.29, 1.82) is 0 Å². The molecule has 0 N–H and O–H groups in total.